The number of rotatable bonds is 10. The highest BCUT2D eigenvalue weighted by molar-refractivity contribution is 5.58. The molecule has 0 radical (unpaired) electrons. The normalized spacial score (nSPS) is 14.3. The van der Waals surface area contributed by atoms with Gasteiger partial charge in [-0.2, -0.15) is 4.52 Å². The minimum Gasteiger partial charge on any atom is -0.493 e. The summed E-state index contributed by atoms with van der Waals surface area (Å²) in [6.07, 6.45) is 5.69. The number of anilines is 2. The fraction of sp³-hybridized carbons (Fsp3) is 0.300. The van der Waals surface area contributed by atoms with E-state index in [1.165, 1.54) is 5.69 Å². The second kappa shape index (κ2) is 11.7. The fourth-order valence-corrected chi connectivity index (χ4v) is 5.08. The first-order chi connectivity index (χ1) is 19.7. The maximum absolute atomic E-state index is 5.59. The predicted molar refractivity (Wildman–Crippen MR) is 154 cm³/mol. The number of furan rings is 1. The van der Waals surface area contributed by atoms with Crippen LogP contribution in [0.25, 0.3) is 17.2 Å². The standard InChI is InChI=1S/C30H33N7O3/c1-38-25-11-10-21(17-27(25)39-2)18-31-30-32-19-22(29-34-28(35-37(29)30)26-9-6-16-40-26)20-36-14-12-24(13-15-36)33-23-7-4-3-5-8-23/h3-11,16-17,19,24,33H,12-15,18,20H2,1-2H3,(H,31,32). The van der Waals surface area contributed by atoms with Gasteiger partial charge in [0.2, 0.25) is 11.8 Å². The van der Waals surface area contributed by atoms with E-state index in [0.717, 1.165) is 49.2 Å². The van der Waals surface area contributed by atoms with Gasteiger partial charge in [-0.05, 0) is 54.8 Å². The molecule has 0 unspecified atom stereocenters. The molecule has 2 N–H and O–H groups in total. The first-order valence-corrected chi connectivity index (χ1v) is 13.5. The van der Waals surface area contributed by atoms with E-state index in [-0.39, 0.29) is 0 Å². The molecule has 1 fully saturated rings. The van der Waals surface area contributed by atoms with Crippen LogP contribution in [-0.2, 0) is 13.1 Å². The van der Waals surface area contributed by atoms with Gasteiger partial charge < -0.3 is 24.5 Å². The molecule has 0 amide bonds. The van der Waals surface area contributed by atoms with Crippen molar-refractivity contribution in [1.82, 2.24) is 24.5 Å². The van der Waals surface area contributed by atoms with Gasteiger partial charge in [0, 0.05) is 49.7 Å². The predicted octanol–water partition coefficient (Wildman–Crippen LogP) is 5.09. The molecule has 1 saturated heterocycles. The van der Waals surface area contributed by atoms with Crippen LogP contribution in [0.15, 0.2) is 77.5 Å². The molecule has 5 aromatic rings. The van der Waals surface area contributed by atoms with Gasteiger partial charge in [0.25, 0.3) is 0 Å². The van der Waals surface area contributed by atoms with Crippen molar-refractivity contribution in [3.05, 3.63) is 84.3 Å². The Kier molecular flexibility index (Phi) is 7.49. The van der Waals surface area contributed by atoms with Crippen LogP contribution in [0.3, 0.4) is 0 Å². The van der Waals surface area contributed by atoms with Crippen molar-refractivity contribution in [2.45, 2.75) is 32.0 Å². The lowest BCUT2D eigenvalue weighted by molar-refractivity contribution is 0.211. The Morgan fingerprint density at radius 3 is 2.55 bits per heavy atom. The zero-order valence-corrected chi connectivity index (χ0v) is 22.7. The number of hydrogen-bond donors (Lipinski definition) is 2. The number of nitrogens with zero attached hydrogens (tertiary/aromatic N) is 5. The number of fused-ring (bicyclic) bond motifs is 1. The molecule has 0 bridgehead atoms. The Morgan fingerprint density at radius 1 is 0.975 bits per heavy atom. The maximum Gasteiger partial charge on any atom is 0.226 e. The number of ether oxygens (including phenoxy) is 2. The Morgan fingerprint density at radius 2 is 1.80 bits per heavy atom. The SMILES string of the molecule is COc1ccc(CNc2ncc(CN3CCC(Nc4ccccc4)CC3)c3nc(-c4ccco4)nn23)cc1OC. The summed E-state index contributed by atoms with van der Waals surface area (Å²) in [7, 11) is 3.26. The average molecular weight is 540 g/mol. The average Bonchev–Trinajstić information content (AvgIpc) is 3.69. The number of hydrogen-bond acceptors (Lipinski definition) is 9. The Balaban J connectivity index is 1.20. The topological polar surface area (TPSA) is 102 Å². The molecule has 0 spiro atoms. The molecule has 10 nitrogen and oxygen atoms in total. The van der Waals surface area contributed by atoms with E-state index in [1.807, 2.05) is 42.6 Å². The first kappa shape index (κ1) is 25.7. The monoisotopic (exact) mass is 539 g/mol. The smallest absolute Gasteiger partial charge is 0.226 e. The van der Waals surface area contributed by atoms with Gasteiger partial charge in [-0.25, -0.2) is 9.97 Å². The lowest BCUT2D eigenvalue weighted by Crippen LogP contribution is -2.38. The number of benzene rings is 2. The number of nitrogens with one attached hydrogen (secondary N) is 2. The van der Waals surface area contributed by atoms with Crippen LogP contribution < -0.4 is 20.1 Å². The summed E-state index contributed by atoms with van der Waals surface area (Å²) in [6, 6.07) is 20.4. The highest BCUT2D eigenvalue weighted by atomic mass is 16.5. The molecule has 1 aliphatic rings. The van der Waals surface area contributed by atoms with Crippen molar-refractivity contribution >= 4 is 17.3 Å². The van der Waals surface area contributed by atoms with Crippen molar-refractivity contribution in [1.29, 1.82) is 0 Å². The molecule has 3 aromatic heterocycles. The third-order valence-electron chi connectivity index (χ3n) is 7.20. The van der Waals surface area contributed by atoms with Crippen molar-refractivity contribution in [3.63, 3.8) is 0 Å². The Bertz CT molecular complexity index is 1540. The molecule has 1 aliphatic heterocycles. The number of methoxy groups -OCH3 is 2. The lowest BCUT2D eigenvalue weighted by Gasteiger charge is -2.32. The third kappa shape index (κ3) is 5.57. The van der Waals surface area contributed by atoms with Crippen LogP contribution in [0, 0.1) is 0 Å². The molecule has 206 valence electrons. The van der Waals surface area contributed by atoms with E-state index in [9.17, 15) is 0 Å². The second-order valence-corrected chi connectivity index (χ2v) is 9.86. The van der Waals surface area contributed by atoms with Gasteiger partial charge in [0.15, 0.2) is 22.9 Å². The Labute approximate surface area is 233 Å². The van der Waals surface area contributed by atoms with Crippen molar-refractivity contribution in [2.24, 2.45) is 0 Å². The van der Waals surface area contributed by atoms with Gasteiger partial charge in [-0.3, -0.25) is 4.90 Å². The summed E-state index contributed by atoms with van der Waals surface area (Å²) in [5, 5.41) is 11.8. The summed E-state index contributed by atoms with van der Waals surface area (Å²) in [5.74, 6) is 3.12. The molecular weight excluding hydrogens is 506 g/mol. The van der Waals surface area contributed by atoms with Crippen LogP contribution in [-0.4, -0.2) is 57.8 Å². The summed E-state index contributed by atoms with van der Waals surface area (Å²) in [5.41, 5.74) is 3.99. The summed E-state index contributed by atoms with van der Waals surface area (Å²) in [4.78, 5) is 12.1. The second-order valence-electron chi connectivity index (χ2n) is 9.86. The molecule has 10 heteroatoms. The lowest BCUT2D eigenvalue weighted by atomic mass is 10.0. The molecule has 0 saturated carbocycles. The van der Waals surface area contributed by atoms with Crippen LogP contribution in [0.1, 0.15) is 24.0 Å². The van der Waals surface area contributed by atoms with E-state index in [0.29, 0.717) is 41.6 Å². The van der Waals surface area contributed by atoms with Crippen molar-refractivity contribution in [2.75, 3.05) is 37.9 Å². The first-order valence-electron chi connectivity index (χ1n) is 13.5. The van der Waals surface area contributed by atoms with Crippen molar-refractivity contribution in [3.8, 4) is 23.1 Å². The number of piperidine rings is 1. The molecular formula is C30H33N7O3. The highest BCUT2D eigenvalue weighted by Gasteiger charge is 2.22. The molecule has 6 rings (SSSR count). The fourth-order valence-electron chi connectivity index (χ4n) is 5.08. The third-order valence-corrected chi connectivity index (χ3v) is 7.20. The van der Waals surface area contributed by atoms with Gasteiger partial charge in [-0.15, -0.1) is 5.10 Å². The molecule has 0 atom stereocenters. The zero-order valence-electron chi connectivity index (χ0n) is 22.7. The molecule has 4 heterocycles. The quantitative estimate of drug-likeness (QED) is 0.251. The van der Waals surface area contributed by atoms with Gasteiger partial charge in [-0.1, -0.05) is 24.3 Å². The van der Waals surface area contributed by atoms with Crippen molar-refractivity contribution < 1.29 is 13.9 Å². The molecule has 0 aliphatic carbocycles. The van der Waals surface area contributed by atoms with E-state index in [1.54, 1.807) is 25.0 Å². The number of aromatic nitrogens is 4. The minimum absolute atomic E-state index is 0.471. The highest BCUT2D eigenvalue weighted by Crippen LogP contribution is 2.28. The Hall–Kier alpha value is -4.57. The van der Waals surface area contributed by atoms with E-state index >= 15 is 0 Å². The van der Waals surface area contributed by atoms with Crippen LogP contribution >= 0.6 is 0 Å². The van der Waals surface area contributed by atoms with E-state index in [4.69, 9.17) is 29.0 Å². The largest absolute Gasteiger partial charge is 0.493 e. The number of para-hydroxylation sites is 1. The van der Waals surface area contributed by atoms with Gasteiger partial charge in [0.05, 0.1) is 20.5 Å². The van der Waals surface area contributed by atoms with Crippen LogP contribution in [0.4, 0.5) is 11.6 Å². The number of likely N-dealkylation sites (tertiary alicyclic amines) is 1. The molecule has 40 heavy (non-hydrogen) atoms. The summed E-state index contributed by atoms with van der Waals surface area (Å²) in [6.45, 7) is 3.27. The van der Waals surface area contributed by atoms with E-state index < -0.39 is 0 Å². The summed E-state index contributed by atoms with van der Waals surface area (Å²) >= 11 is 0. The molecule has 2 aromatic carbocycles. The van der Waals surface area contributed by atoms with Gasteiger partial charge in [0.1, 0.15) is 0 Å². The minimum atomic E-state index is 0.471. The maximum atomic E-state index is 5.59. The van der Waals surface area contributed by atoms with E-state index in [2.05, 4.69) is 39.8 Å². The van der Waals surface area contributed by atoms with Crippen LogP contribution in [0.5, 0.6) is 11.5 Å². The van der Waals surface area contributed by atoms with Gasteiger partial charge >= 0.3 is 0 Å². The summed E-state index contributed by atoms with van der Waals surface area (Å²) < 4.78 is 18.2. The van der Waals surface area contributed by atoms with Crippen LogP contribution in [0.2, 0.25) is 0 Å². The zero-order chi connectivity index (χ0) is 27.3.